The molecule has 2 fully saturated rings. The predicted molar refractivity (Wildman–Crippen MR) is 120 cm³/mol. The maximum Gasteiger partial charge on any atom is 0.244 e. The molecule has 1 aromatic carbocycles. The molecule has 1 unspecified atom stereocenters. The average Bonchev–Trinajstić information content (AvgIpc) is 3.28. The number of hydrogen-bond donors (Lipinski definition) is 0. The van der Waals surface area contributed by atoms with Crippen molar-refractivity contribution in [2.24, 2.45) is 0 Å². The van der Waals surface area contributed by atoms with Gasteiger partial charge in [0.1, 0.15) is 6.04 Å². The third-order valence-corrected chi connectivity index (χ3v) is 8.58. The van der Waals surface area contributed by atoms with Gasteiger partial charge in [-0.15, -0.1) is 11.3 Å². The van der Waals surface area contributed by atoms with Crippen LogP contribution in [0.25, 0.3) is 0 Å². The van der Waals surface area contributed by atoms with Gasteiger partial charge in [0.05, 0.1) is 11.5 Å². The molecule has 4 rings (SSSR count). The number of nitrogens with zero attached hydrogens (tertiary/aromatic N) is 3. The number of thiophene rings is 1. The van der Waals surface area contributed by atoms with Crippen molar-refractivity contribution in [2.45, 2.75) is 12.5 Å². The molecule has 8 heteroatoms. The van der Waals surface area contributed by atoms with Crippen molar-refractivity contribution in [3.05, 3.63) is 58.3 Å². The minimum atomic E-state index is -2.99. The first-order valence-corrected chi connectivity index (χ1v) is 13.2. The third kappa shape index (κ3) is 5.29. The van der Waals surface area contributed by atoms with Crippen LogP contribution in [0.15, 0.2) is 47.8 Å². The van der Waals surface area contributed by atoms with Crippen LogP contribution in [0.1, 0.15) is 16.5 Å². The fourth-order valence-corrected chi connectivity index (χ4v) is 6.15. The van der Waals surface area contributed by atoms with E-state index in [4.69, 9.17) is 0 Å². The topological polar surface area (TPSA) is 60.9 Å². The summed E-state index contributed by atoms with van der Waals surface area (Å²) in [7, 11) is -2.99. The lowest BCUT2D eigenvalue weighted by molar-refractivity contribution is -0.139. The molecule has 1 aromatic heterocycles. The maximum absolute atomic E-state index is 13.5. The monoisotopic (exact) mass is 447 g/mol. The second-order valence-corrected chi connectivity index (χ2v) is 11.3. The summed E-state index contributed by atoms with van der Waals surface area (Å²) in [6.07, 6.45) is 1.06. The van der Waals surface area contributed by atoms with Gasteiger partial charge in [0, 0.05) is 50.7 Å². The summed E-state index contributed by atoms with van der Waals surface area (Å²) in [6, 6.07) is 13.6. The summed E-state index contributed by atoms with van der Waals surface area (Å²) < 4.78 is 23.8. The number of piperazine rings is 1. The molecule has 2 aliphatic heterocycles. The number of sulfone groups is 1. The molecule has 1 atom stereocenters. The minimum absolute atomic E-state index is 0.0957. The molecule has 0 bridgehead atoms. The highest BCUT2D eigenvalue weighted by atomic mass is 32.2. The predicted octanol–water partition coefficient (Wildman–Crippen LogP) is 1.91. The van der Waals surface area contributed by atoms with E-state index in [1.54, 1.807) is 11.3 Å². The molecule has 0 radical (unpaired) electrons. The van der Waals surface area contributed by atoms with Crippen LogP contribution in [-0.4, -0.2) is 86.3 Å². The summed E-state index contributed by atoms with van der Waals surface area (Å²) in [6.45, 7) is 5.05. The number of hydrogen-bond acceptors (Lipinski definition) is 6. The normalized spacial score (nSPS) is 21.4. The van der Waals surface area contributed by atoms with E-state index in [2.05, 4.69) is 22.4 Å². The Bertz CT molecular complexity index is 910. The summed E-state index contributed by atoms with van der Waals surface area (Å²) in [5.74, 6) is 0.346. The largest absolute Gasteiger partial charge is 0.338 e. The van der Waals surface area contributed by atoms with Crippen LogP contribution in [0.5, 0.6) is 0 Å². The summed E-state index contributed by atoms with van der Waals surface area (Å²) in [4.78, 5) is 21.4. The Hall–Kier alpha value is -1.74. The standard InChI is InChI=1S/C22H29N3O3S2/c26-22(25-12-10-23(11-13-25)9-8-20-7-4-16-29-20)21(19-5-2-1-3-6-19)24-14-17-30(27,28)18-15-24/h1-7,16,21H,8-15,17-18H2. The highest BCUT2D eigenvalue weighted by Crippen LogP contribution is 2.26. The van der Waals surface area contributed by atoms with Crippen LogP contribution in [0, 0.1) is 0 Å². The SMILES string of the molecule is O=C(C(c1ccccc1)N1CCS(=O)(=O)CC1)N1CCN(CCc2cccs2)CC1. The molecular weight excluding hydrogens is 418 g/mol. The number of rotatable bonds is 6. The lowest BCUT2D eigenvalue weighted by atomic mass is 10.0. The van der Waals surface area contributed by atoms with Gasteiger partial charge in [0.25, 0.3) is 0 Å². The van der Waals surface area contributed by atoms with Crippen LogP contribution in [-0.2, 0) is 21.1 Å². The summed E-state index contributed by atoms with van der Waals surface area (Å²) >= 11 is 1.79. The van der Waals surface area contributed by atoms with Crippen molar-refractivity contribution >= 4 is 27.1 Å². The number of carbonyl (C=O) groups excluding carboxylic acids is 1. The van der Waals surface area contributed by atoms with Crippen LogP contribution in [0.2, 0.25) is 0 Å². The van der Waals surface area contributed by atoms with Gasteiger partial charge in [-0.3, -0.25) is 14.6 Å². The molecule has 2 aliphatic rings. The fraction of sp³-hybridized carbons (Fsp3) is 0.500. The van der Waals surface area contributed by atoms with Gasteiger partial charge >= 0.3 is 0 Å². The molecular formula is C22H29N3O3S2. The number of amides is 1. The first kappa shape index (κ1) is 21.5. The average molecular weight is 448 g/mol. The van der Waals surface area contributed by atoms with Gasteiger partial charge in [0.15, 0.2) is 9.84 Å². The van der Waals surface area contributed by atoms with Gasteiger partial charge in [0.2, 0.25) is 5.91 Å². The van der Waals surface area contributed by atoms with E-state index in [1.165, 1.54) is 4.88 Å². The van der Waals surface area contributed by atoms with E-state index >= 15 is 0 Å². The zero-order valence-corrected chi connectivity index (χ0v) is 18.8. The van der Waals surface area contributed by atoms with Crippen molar-refractivity contribution < 1.29 is 13.2 Å². The molecule has 1 amide bonds. The first-order valence-electron chi connectivity index (χ1n) is 10.5. The van der Waals surface area contributed by atoms with E-state index in [1.807, 2.05) is 40.1 Å². The number of carbonyl (C=O) groups is 1. The van der Waals surface area contributed by atoms with Gasteiger partial charge in [-0.2, -0.15) is 0 Å². The first-order chi connectivity index (χ1) is 14.5. The quantitative estimate of drug-likeness (QED) is 0.677. The van der Waals surface area contributed by atoms with Gasteiger partial charge in [-0.25, -0.2) is 8.42 Å². The highest BCUT2D eigenvalue weighted by Gasteiger charge is 2.35. The Morgan fingerprint density at radius 1 is 0.933 bits per heavy atom. The van der Waals surface area contributed by atoms with Crippen molar-refractivity contribution in [2.75, 3.05) is 57.3 Å². The van der Waals surface area contributed by atoms with E-state index < -0.39 is 15.9 Å². The molecule has 30 heavy (non-hydrogen) atoms. The second kappa shape index (κ2) is 9.60. The zero-order chi connectivity index (χ0) is 21.0. The zero-order valence-electron chi connectivity index (χ0n) is 17.2. The van der Waals surface area contributed by atoms with Crippen LogP contribution in [0.3, 0.4) is 0 Å². The maximum atomic E-state index is 13.5. The van der Waals surface area contributed by atoms with E-state index in [0.717, 1.165) is 44.7 Å². The molecule has 3 heterocycles. The van der Waals surface area contributed by atoms with Gasteiger partial charge in [-0.1, -0.05) is 36.4 Å². The third-order valence-electron chi connectivity index (χ3n) is 6.03. The Labute approximate surface area is 183 Å². The second-order valence-electron chi connectivity index (χ2n) is 8.00. The molecule has 2 aromatic rings. The Kier molecular flexibility index (Phi) is 6.87. The van der Waals surface area contributed by atoms with Crippen molar-refractivity contribution in [1.82, 2.24) is 14.7 Å². The van der Waals surface area contributed by atoms with E-state index in [0.29, 0.717) is 13.1 Å². The van der Waals surface area contributed by atoms with E-state index in [9.17, 15) is 13.2 Å². The molecule has 0 saturated carbocycles. The molecule has 0 aliphatic carbocycles. The lowest BCUT2D eigenvalue weighted by Gasteiger charge is -2.40. The molecule has 0 spiro atoms. The highest BCUT2D eigenvalue weighted by molar-refractivity contribution is 7.91. The molecule has 6 nitrogen and oxygen atoms in total. The molecule has 162 valence electrons. The van der Waals surface area contributed by atoms with Crippen LogP contribution >= 0.6 is 11.3 Å². The van der Waals surface area contributed by atoms with E-state index in [-0.39, 0.29) is 17.4 Å². The fourth-order valence-electron chi connectivity index (χ4n) is 4.22. The summed E-state index contributed by atoms with van der Waals surface area (Å²) in [5.41, 5.74) is 0.946. The lowest BCUT2D eigenvalue weighted by Crippen LogP contribution is -2.54. The molecule has 2 saturated heterocycles. The summed E-state index contributed by atoms with van der Waals surface area (Å²) in [5, 5.41) is 2.11. The Morgan fingerprint density at radius 2 is 1.63 bits per heavy atom. The van der Waals surface area contributed by atoms with Crippen molar-refractivity contribution in [3.8, 4) is 0 Å². The van der Waals surface area contributed by atoms with Crippen LogP contribution < -0.4 is 0 Å². The Morgan fingerprint density at radius 3 is 2.27 bits per heavy atom. The van der Waals surface area contributed by atoms with Crippen molar-refractivity contribution in [3.63, 3.8) is 0 Å². The van der Waals surface area contributed by atoms with Crippen LogP contribution in [0.4, 0.5) is 0 Å². The smallest absolute Gasteiger partial charge is 0.244 e. The number of benzene rings is 1. The van der Waals surface area contributed by atoms with Gasteiger partial charge in [-0.05, 0) is 23.4 Å². The minimum Gasteiger partial charge on any atom is -0.338 e. The Balaban J connectivity index is 1.39. The molecule has 0 N–H and O–H groups in total. The van der Waals surface area contributed by atoms with Crippen molar-refractivity contribution in [1.29, 1.82) is 0 Å². The van der Waals surface area contributed by atoms with Gasteiger partial charge < -0.3 is 4.90 Å².